The Hall–Kier alpha value is -1.35. The lowest BCUT2D eigenvalue weighted by molar-refractivity contribution is -0.274. The van der Waals surface area contributed by atoms with Gasteiger partial charge < -0.3 is 19.5 Å². The molecule has 1 aliphatic heterocycles. The lowest BCUT2D eigenvalue weighted by Crippen LogP contribution is -2.57. The largest absolute Gasteiger partial charge is 0.573 e. The summed E-state index contributed by atoms with van der Waals surface area (Å²) in [7, 11) is 1.63. The summed E-state index contributed by atoms with van der Waals surface area (Å²) in [6, 6.07) is 6.65. The highest BCUT2D eigenvalue weighted by molar-refractivity contribution is 5.29. The van der Waals surface area contributed by atoms with Crippen molar-refractivity contribution in [3.63, 3.8) is 0 Å². The molecule has 1 aromatic carbocycles. The number of piperazine rings is 1. The zero-order valence-electron chi connectivity index (χ0n) is 15.4. The molecule has 0 saturated carbocycles. The fraction of sp³-hybridized carbons (Fsp3) is 0.667. The first-order valence-corrected chi connectivity index (χ1v) is 8.71. The van der Waals surface area contributed by atoms with Gasteiger partial charge in [-0.1, -0.05) is 12.1 Å². The van der Waals surface area contributed by atoms with E-state index in [0.29, 0.717) is 25.9 Å². The van der Waals surface area contributed by atoms with Gasteiger partial charge in [0.1, 0.15) is 5.75 Å². The van der Waals surface area contributed by atoms with Crippen LogP contribution >= 0.6 is 0 Å². The smallest absolute Gasteiger partial charge is 0.406 e. The highest BCUT2D eigenvalue weighted by Crippen LogP contribution is 2.28. The number of halogens is 3. The van der Waals surface area contributed by atoms with Crippen molar-refractivity contribution in [3.05, 3.63) is 29.8 Å². The Bertz CT molecular complexity index is 539. The minimum Gasteiger partial charge on any atom is -0.406 e. The van der Waals surface area contributed by atoms with Crippen molar-refractivity contribution in [3.8, 4) is 5.75 Å². The summed E-state index contributed by atoms with van der Waals surface area (Å²) in [5.41, 5.74) is 0.940. The second kappa shape index (κ2) is 9.55. The summed E-state index contributed by atoms with van der Waals surface area (Å²) in [5.74, 6) is -0.207. The number of nitrogens with one attached hydrogen (secondary N) is 1. The number of ether oxygens (including phenoxy) is 3. The third kappa shape index (κ3) is 6.42. The third-order valence-electron chi connectivity index (χ3n) is 4.49. The first kappa shape index (κ1) is 21.0. The Morgan fingerprint density at radius 3 is 2.54 bits per heavy atom. The second-order valence-electron chi connectivity index (χ2n) is 6.52. The van der Waals surface area contributed by atoms with E-state index in [2.05, 4.69) is 28.8 Å². The van der Waals surface area contributed by atoms with E-state index in [1.165, 1.54) is 12.1 Å². The fourth-order valence-corrected chi connectivity index (χ4v) is 3.11. The van der Waals surface area contributed by atoms with E-state index in [1.807, 2.05) is 0 Å². The van der Waals surface area contributed by atoms with Crippen LogP contribution in [-0.4, -0.2) is 63.4 Å². The van der Waals surface area contributed by atoms with Gasteiger partial charge in [0, 0.05) is 38.3 Å². The van der Waals surface area contributed by atoms with E-state index < -0.39 is 6.36 Å². The molecule has 26 heavy (non-hydrogen) atoms. The Labute approximate surface area is 152 Å². The molecule has 0 aromatic heterocycles. The Kier molecular flexibility index (Phi) is 7.69. The van der Waals surface area contributed by atoms with Gasteiger partial charge >= 0.3 is 6.36 Å². The summed E-state index contributed by atoms with van der Waals surface area (Å²) < 4.78 is 51.5. The van der Waals surface area contributed by atoms with Gasteiger partial charge in [-0.3, -0.25) is 4.90 Å². The van der Waals surface area contributed by atoms with Gasteiger partial charge in [-0.2, -0.15) is 0 Å². The number of hydrogen-bond acceptors (Lipinski definition) is 5. The summed E-state index contributed by atoms with van der Waals surface area (Å²) in [6.45, 7) is 7.46. The number of rotatable bonds is 8. The zero-order chi connectivity index (χ0) is 19.2. The van der Waals surface area contributed by atoms with E-state index in [4.69, 9.17) is 9.47 Å². The van der Waals surface area contributed by atoms with Crippen LogP contribution in [0.25, 0.3) is 0 Å². The number of benzene rings is 1. The SMILES string of the molecule is COCCOC[C@@H]1CN[C@@H](C)CN1C(C)c1ccc(OC(F)(F)F)cc1. The summed E-state index contributed by atoms with van der Waals surface area (Å²) in [4.78, 5) is 2.33. The first-order chi connectivity index (χ1) is 12.3. The number of hydrogen-bond donors (Lipinski definition) is 1. The van der Waals surface area contributed by atoms with Gasteiger partial charge in [0.25, 0.3) is 0 Å². The molecular formula is C18H27F3N2O3. The van der Waals surface area contributed by atoms with Crippen LogP contribution in [0, 0.1) is 0 Å². The van der Waals surface area contributed by atoms with E-state index in [-0.39, 0.29) is 17.8 Å². The van der Waals surface area contributed by atoms with Gasteiger partial charge in [0.2, 0.25) is 0 Å². The molecule has 1 heterocycles. The molecule has 1 N–H and O–H groups in total. The van der Waals surface area contributed by atoms with E-state index in [0.717, 1.165) is 18.7 Å². The molecule has 1 fully saturated rings. The van der Waals surface area contributed by atoms with Crippen LogP contribution in [0.1, 0.15) is 25.5 Å². The summed E-state index contributed by atoms with van der Waals surface area (Å²) in [6.07, 6.45) is -4.67. The molecule has 0 aliphatic carbocycles. The maximum absolute atomic E-state index is 12.3. The Balaban J connectivity index is 2.02. The average molecular weight is 376 g/mol. The molecule has 1 unspecified atom stereocenters. The molecule has 0 amide bonds. The second-order valence-corrected chi connectivity index (χ2v) is 6.52. The molecule has 0 bridgehead atoms. The average Bonchev–Trinajstić information content (AvgIpc) is 2.58. The maximum Gasteiger partial charge on any atom is 0.573 e. The maximum atomic E-state index is 12.3. The molecule has 2 rings (SSSR count). The minimum absolute atomic E-state index is 0.0514. The van der Waals surface area contributed by atoms with E-state index in [1.54, 1.807) is 19.2 Å². The number of nitrogens with zero attached hydrogens (tertiary/aromatic N) is 1. The highest BCUT2D eigenvalue weighted by Gasteiger charge is 2.32. The van der Waals surface area contributed by atoms with Gasteiger partial charge in [0.15, 0.2) is 0 Å². The van der Waals surface area contributed by atoms with Crippen LogP contribution in [0.5, 0.6) is 5.75 Å². The Morgan fingerprint density at radius 1 is 1.23 bits per heavy atom. The van der Waals surface area contributed by atoms with Crippen molar-refractivity contribution in [2.45, 2.75) is 38.3 Å². The molecule has 5 nitrogen and oxygen atoms in total. The van der Waals surface area contributed by atoms with Crippen molar-refractivity contribution in [2.75, 3.05) is 40.0 Å². The van der Waals surface area contributed by atoms with Crippen LogP contribution in [0.3, 0.4) is 0 Å². The lowest BCUT2D eigenvalue weighted by atomic mass is 10.0. The third-order valence-corrected chi connectivity index (χ3v) is 4.49. The normalized spacial score (nSPS) is 23.0. The topological polar surface area (TPSA) is 43.0 Å². The van der Waals surface area contributed by atoms with E-state index >= 15 is 0 Å². The Morgan fingerprint density at radius 2 is 1.92 bits per heavy atom. The monoisotopic (exact) mass is 376 g/mol. The lowest BCUT2D eigenvalue weighted by Gasteiger charge is -2.43. The van der Waals surface area contributed by atoms with Gasteiger partial charge in [-0.15, -0.1) is 13.2 Å². The molecule has 148 valence electrons. The fourth-order valence-electron chi connectivity index (χ4n) is 3.11. The minimum atomic E-state index is -4.67. The first-order valence-electron chi connectivity index (χ1n) is 8.71. The predicted molar refractivity (Wildman–Crippen MR) is 92.2 cm³/mol. The number of methoxy groups -OCH3 is 1. The molecule has 0 radical (unpaired) electrons. The van der Waals surface area contributed by atoms with Crippen molar-refractivity contribution in [1.29, 1.82) is 0 Å². The molecule has 3 atom stereocenters. The molecule has 0 spiro atoms. The highest BCUT2D eigenvalue weighted by atomic mass is 19.4. The van der Waals surface area contributed by atoms with Crippen molar-refractivity contribution < 1.29 is 27.4 Å². The van der Waals surface area contributed by atoms with Gasteiger partial charge in [0.05, 0.1) is 19.8 Å². The van der Waals surface area contributed by atoms with Crippen molar-refractivity contribution in [1.82, 2.24) is 10.2 Å². The standard InChI is InChI=1S/C18H27F3N2O3/c1-13-11-23(16(10-22-13)12-25-9-8-24-3)14(2)15-4-6-17(7-5-15)26-18(19,20)21/h4-7,13-14,16,22H,8-12H2,1-3H3/t13-,14?,16-/m0/s1. The predicted octanol–water partition coefficient (Wildman–Crippen LogP) is 2.97. The van der Waals surface area contributed by atoms with E-state index in [9.17, 15) is 13.2 Å². The molecule has 1 aliphatic rings. The number of alkyl halides is 3. The summed E-state index contributed by atoms with van der Waals surface area (Å²) in [5, 5.41) is 3.45. The van der Waals surface area contributed by atoms with Crippen molar-refractivity contribution in [2.24, 2.45) is 0 Å². The molecule has 8 heteroatoms. The summed E-state index contributed by atoms with van der Waals surface area (Å²) >= 11 is 0. The molecule has 1 saturated heterocycles. The van der Waals surface area contributed by atoms with Crippen LogP contribution in [0.15, 0.2) is 24.3 Å². The molecular weight excluding hydrogens is 349 g/mol. The van der Waals surface area contributed by atoms with Crippen LogP contribution in [-0.2, 0) is 9.47 Å². The van der Waals surface area contributed by atoms with Gasteiger partial charge in [-0.05, 0) is 31.5 Å². The zero-order valence-corrected chi connectivity index (χ0v) is 15.4. The van der Waals surface area contributed by atoms with Crippen LogP contribution in [0.4, 0.5) is 13.2 Å². The van der Waals surface area contributed by atoms with Gasteiger partial charge in [-0.25, -0.2) is 0 Å². The quantitative estimate of drug-likeness (QED) is 0.707. The van der Waals surface area contributed by atoms with Crippen molar-refractivity contribution >= 4 is 0 Å². The van der Waals surface area contributed by atoms with Crippen LogP contribution < -0.4 is 10.1 Å². The molecule has 1 aromatic rings. The van der Waals surface area contributed by atoms with Crippen LogP contribution in [0.2, 0.25) is 0 Å².